The summed E-state index contributed by atoms with van der Waals surface area (Å²) in [4.78, 5) is 39.4. The van der Waals surface area contributed by atoms with Crippen LogP contribution in [0, 0.1) is 53.2 Å². The van der Waals surface area contributed by atoms with Gasteiger partial charge in [0.2, 0.25) is 0 Å². The molecule has 1 aromatic carbocycles. The SMILES string of the molecule is C[C@H]1[C@@H](C[C@H](OC(=O)Nc2cccc(F)c2)C2O[C@@H]3C[C@]4(C)CC[C@H]5[C@H](C)CC[C@@H]([C@H]2C)[C@@]35OO4)O[C@@H]2C[C@]3(C)CC[C@H]4[C@H](C)CC[C@@H]1[C@@]24OO3. The Bertz CT molecular complexity index is 1510. The van der Waals surface area contributed by atoms with E-state index >= 15 is 0 Å². The smallest absolute Gasteiger partial charge is 0.411 e. The molecule has 1 N–H and O–H groups in total. The molecule has 6 heterocycles. The van der Waals surface area contributed by atoms with Crippen molar-refractivity contribution in [1.82, 2.24) is 0 Å². The monoisotopic (exact) mass is 711 g/mol. The van der Waals surface area contributed by atoms with Crippen molar-refractivity contribution in [3.05, 3.63) is 30.1 Å². The third-order valence-corrected chi connectivity index (χ3v) is 15.7. The minimum absolute atomic E-state index is 0.0314. The van der Waals surface area contributed by atoms with Crippen LogP contribution < -0.4 is 5.32 Å². The summed E-state index contributed by atoms with van der Waals surface area (Å²) in [6.45, 7) is 13.6. The highest BCUT2D eigenvalue weighted by atomic mass is 19.1. The molecule has 1 amide bonds. The average Bonchev–Trinajstić information content (AvgIpc) is 3.46. The molecule has 4 saturated carbocycles. The number of carbonyl (C=O) groups excluding carboxylic acids is 1. The largest absolute Gasteiger partial charge is 0.443 e. The molecule has 2 spiro atoms. The van der Waals surface area contributed by atoms with Crippen molar-refractivity contribution in [3.8, 4) is 0 Å². The van der Waals surface area contributed by atoms with Gasteiger partial charge in [0.15, 0.2) is 0 Å². The molecule has 10 fully saturated rings. The molecule has 4 bridgehead atoms. The van der Waals surface area contributed by atoms with Gasteiger partial charge in [-0.05, 0) is 131 Å². The zero-order chi connectivity index (χ0) is 35.5. The van der Waals surface area contributed by atoms with E-state index in [1.54, 1.807) is 12.1 Å². The van der Waals surface area contributed by atoms with E-state index in [0.29, 0.717) is 35.8 Å². The Morgan fingerprint density at radius 3 is 2.00 bits per heavy atom. The van der Waals surface area contributed by atoms with Crippen LogP contribution in [0.1, 0.15) is 112 Å². The quantitative estimate of drug-likeness (QED) is 0.304. The van der Waals surface area contributed by atoms with E-state index in [-0.39, 0.29) is 53.7 Å². The topological polar surface area (TPSA) is 93.7 Å². The molecule has 17 atom stereocenters. The van der Waals surface area contributed by atoms with Gasteiger partial charge in [0, 0.05) is 24.9 Å². The van der Waals surface area contributed by atoms with Crippen LogP contribution in [0.15, 0.2) is 24.3 Å². The van der Waals surface area contributed by atoms with E-state index in [1.807, 2.05) is 0 Å². The van der Waals surface area contributed by atoms with Gasteiger partial charge in [0.1, 0.15) is 34.3 Å². The summed E-state index contributed by atoms with van der Waals surface area (Å²) in [5.41, 5.74) is -1.43. The maximum atomic E-state index is 14.1. The Kier molecular flexibility index (Phi) is 8.46. The van der Waals surface area contributed by atoms with Crippen molar-refractivity contribution in [2.24, 2.45) is 47.3 Å². The van der Waals surface area contributed by atoms with Crippen LogP contribution in [0.4, 0.5) is 14.9 Å². The first-order valence-corrected chi connectivity index (χ1v) is 20.1. The van der Waals surface area contributed by atoms with Crippen molar-refractivity contribution >= 4 is 11.8 Å². The molecule has 9 nitrogen and oxygen atoms in total. The summed E-state index contributed by atoms with van der Waals surface area (Å²) >= 11 is 0. The standard InChI is InChI=1S/C41H58FNO8/c1-22-10-12-30-24(3)32(45-34-20-38(5)16-14-28(22)40(30,34)50-48-38)19-33(46-37(44)43-27-9-7-8-26(42)18-27)36-25(4)31-13-11-23(2)29-15-17-39(6)21-35(47-36)41(29,31)51-49-39/h7-9,18,22-25,28-36H,10-17,19-21H2,1-6H3,(H,43,44)/t22-,23-,24-,25-,28+,29+,30+,31+,32-,33+,34-,35-,36?,38+,39+,40-,41-/m1/s1. The number of benzene rings is 1. The second kappa shape index (κ2) is 12.4. The summed E-state index contributed by atoms with van der Waals surface area (Å²) in [7, 11) is 0. The van der Waals surface area contributed by atoms with Gasteiger partial charge in [0.05, 0.1) is 24.4 Å². The van der Waals surface area contributed by atoms with Crippen LogP contribution in [0.5, 0.6) is 0 Å². The predicted octanol–water partition coefficient (Wildman–Crippen LogP) is 8.55. The highest BCUT2D eigenvalue weighted by Gasteiger charge is 2.70. The number of rotatable bonds is 5. The molecule has 6 aliphatic heterocycles. The number of fused-ring (bicyclic) bond motifs is 4. The van der Waals surface area contributed by atoms with Crippen LogP contribution in [0.2, 0.25) is 0 Å². The number of hydrogen-bond donors (Lipinski definition) is 1. The molecule has 0 aromatic heterocycles. The number of halogens is 1. The van der Waals surface area contributed by atoms with E-state index in [4.69, 9.17) is 33.8 Å². The number of ether oxygens (including phenoxy) is 3. The number of carbonyl (C=O) groups is 1. The molecule has 10 heteroatoms. The first-order chi connectivity index (χ1) is 24.3. The molecule has 10 aliphatic rings. The lowest BCUT2D eigenvalue weighted by molar-refractivity contribution is -0.491. The summed E-state index contributed by atoms with van der Waals surface area (Å²) in [6, 6.07) is 5.91. The fourth-order valence-electron chi connectivity index (χ4n) is 13.1. The maximum absolute atomic E-state index is 14.1. The lowest BCUT2D eigenvalue weighted by Crippen LogP contribution is -2.71. The summed E-state index contributed by atoms with van der Waals surface area (Å²) < 4.78 is 35.1. The molecule has 1 aromatic rings. The van der Waals surface area contributed by atoms with Crippen molar-refractivity contribution in [1.29, 1.82) is 0 Å². The van der Waals surface area contributed by atoms with Crippen LogP contribution in [0.3, 0.4) is 0 Å². The maximum Gasteiger partial charge on any atom is 0.411 e. The summed E-state index contributed by atoms with van der Waals surface area (Å²) in [5, 5.41) is 2.80. The Balaban J connectivity index is 1.05. The zero-order valence-corrected chi connectivity index (χ0v) is 31.2. The van der Waals surface area contributed by atoms with Gasteiger partial charge in [-0.15, -0.1) is 0 Å². The molecule has 51 heavy (non-hydrogen) atoms. The average molecular weight is 712 g/mol. The Morgan fingerprint density at radius 1 is 0.804 bits per heavy atom. The van der Waals surface area contributed by atoms with Crippen molar-refractivity contribution < 1.29 is 42.9 Å². The Hall–Kier alpha value is -1.82. The molecule has 282 valence electrons. The third kappa shape index (κ3) is 5.38. The first kappa shape index (κ1) is 34.9. The van der Waals surface area contributed by atoms with Gasteiger partial charge in [-0.2, -0.15) is 0 Å². The second-order valence-corrected chi connectivity index (χ2v) is 18.7. The van der Waals surface area contributed by atoms with Crippen LogP contribution in [-0.4, -0.2) is 59.0 Å². The summed E-state index contributed by atoms with van der Waals surface area (Å²) in [5.74, 6) is 2.00. The molecular formula is C41H58FNO8. The van der Waals surface area contributed by atoms with E-state index in [0.717, 1.165) is 64.2 Å². The number of amides is 1. The van der Waals surface area contributed by atoms with Gasteiger partial charge in [0.25, 0.3) is 0 Å². The minimum atomic E-state index is -0.616. The van der Waals surface area contributed by atoms with Crippen LogP contribution >= 0.6 is 0 Å². The normalized spacial score (nSPS) is 51.7. The molecule has 4 aliphatic carbocycles. The lowest BCUT2D eigenvalue weighted by atomic mass is 9.55. The Labute approximate surface area is 302 Å². The zero-order valence-electron chi connectivity index (χ0n) is 31.2. The highest BCUT2D eigenvalue weighted by molar-refractivity contribution is 5.84. The van der Waals surface area contributed by atoms with Crippen LogP contribution in [-0.2, 0) is 33.8 Å². The van der Waals surface area contributed by atoms with Gasteiger partial charge in [-0.3, -0.25) is 5.32 Å². The molecule has 6 saturated heterocycles. The fraction of sp³-hybridized carbons (Fsp3) is 0.829. The Morgan fingerprint density at radius 2 is 1.39 bits per heavy atom. The van der Waals surface area contributed by atoms with Gasteiger partial charge < -0.3 is 14.2 Å². The number of hydrogen-bond acceptors (Lipinski definition) is 8. The van der Waals surface area contributed by atoms with E-state index < -0.39 is 34.8 Å². The van der Waals surface area contributed by atoms with Gasteiger partial charge in [-0.25, -0.2) is 28.7 Å². The second-order valence-electron chi connectivity index (χ2n) is 18.7. The lowest BCUT2D eigenvalue weighted by Gasteiger charge is -2.62. The molecular weight excluding hydrogens is 653 g/mol. The molecule has 0 radical (unpaired) electrons. The predicted molar refractivity (Wildman–Crippen MR) is 186 cm³/mol. The van der Waals surface area contributed by atoms with E-state index in [1.165, 1.54) is 12.1 Å². The molecule has 11 rings (SSSR count). The van der Waals surface area contributed by atoms with E-state index in [2.05, 4.69) is 46.9 Å². The van der Waals surface area contributed by atoms with E-state index in [9.17, 15) is 9.18 Å². The minimum Gasteiger partial charge on any atom is -0.443 e. The first-order valence-electron chi connectivity index (χ1n) is 20.1. The highest BCUT2D eigenvalue weighted by Crippen LogP contribution is 2.64. The van der Waals surface area contributed by atoms with Crippen molar-refractivity contribution in [2.45, 2.75) is 165 Å². The van der Waals surface area contributed by atoms with Crippen molar-refractivity contribution in [2.75, 3.05) is 5.32 Å². The van der Waals surface area contributed by atoms with Crippen molar-refractivity contribution in [3.63, 3.8) is 0 Å². The van der Waals surface area contributed by atoms with Gasteiger partial charge in [-0.1, -0.05) is 33.8 Å². The third-order valence-electron chi connectivity index (χ3n) is 15.7. The number of nitrogens with one attached hydrogen (secondary N) is 1. The van der Waals surface area contributed by atoms with Crippen LogP contribution in [0.25, 0.3) is 0 Å². The number of anilines is 1. The van der Waals surface area contributed by atoms with Gasteiger partial charge >= 0.3 is 6.09 Å². The molecule has 1 unspecified atom stereocenters. The fourth-order valence-corrected chi connectivity index (χ4v) is 13.1. The summed E-state index contributed by atoms with van der Waals surface area (Å²) in [6.07, 6.45) is 8.38.